The van der Waals surface area contributed by atoms with Crippen molar-refractivity contribution in [3.05, 3.63) is 59.0 Å². The molecule has 2 aliphatic rings. The molecular formula is C26H27N3O5. The molecule has 0 unspecified atom stereocenters. The van der Waals surface area contributed by atoms with Gasteiger partial charge in [-0.25, -0.2) is 4.79 Å². The number of methoxy groups -OCH3 is 1. The third kappa shape index (κ3) is 4.11. The van der Waals surface area contributed by atoms with E-state index in [0.717, 1.165) is 48.6 Å². The topological polar surface area (TPSA) is 105 Å². The largest absolute Gasteiger partial charge is 0.496 e. The number of carboxylic acid groups (broad SMARTS) is 1. The predicted molar refractivity (Wildman–Crippen MR) is 127 cm³/mol. The average molecular weight is 462 g/mol. The molecule has 176 valence electrons. The fraction of sp³-hybridized carbons (Fsp3) is 0.346. The summed E-state index contributed by atoms with van der Waals surface area (Å²) in [4.78, 5) is 25.7. The first kappa shape index (κ1) is 22.0. The third-order valence-corrected chi connectivity index (χ3v) is 6.81. The van der Waals surface area contributed by atoms with Crippen LogP contribution in [0.1, 0.15) is 47.3 Å². The lowest BCUT2D eigenvalue weighted by Gasteiger charge is -2.30. The van der Waals surface area contributed by atoms with E-state index in [1.807, 2.05) is 30.3 Å². The Balaban J connectivity index is 1.32. The van der Waals surface area contributed by atoms with Crippen LogP contribution in [0.5, 0.6) is 11.5 Å². The lowest BCUT2D eigenvalue weighted by Crippen LogP contribution is -2.37. The number of para-hydroxylation sites is 1. The maximum Gasteiger partial charge on any atom is 0.407 e. The lowest BCUT2D eigenvalue weighted by atomic mass is 9.90. The normalized spacial score (nSPS) is 17.3. The molecule has 1 aromatic heterocycles. The van der Waals surface area contributed by atoms with E-state index in [4.69, 9.17) is 14.6 Å². The van der Waals surface area contributed by atoms with Crippen LogP contribution in [0.15, 0.2) is 42.2 Å². The van der Waals surface area contributed by atoms with Crippen LogP contribution in [-0.4, -0.2) is 52.3 Å². The van der Waals surface area contributed by atoms with Gasteiger partial charge in [-0.05, 0) is 56.2 Å². The van der Waals surface area contributed by atoms with E-state index in [1.54, 1.807) is 19.3 Å². The highest BCUT2D eigenvalue weighted by Crippen LogP contribution is 2.41. The first-order valence-corrected chi connectivity index (χ1v) is 11.6. The first-order valence-electron chi connectivity index (χ1n) is 11.6. The van der Waals surface area contributed by atoms with Gasteiger partial charge < -0.3 is 19.5 Å². The molecule has 1 fully saturated rings. The second-order valence-electron chi connectivity index (χ2n) is 8.82. The highest BCUT2D eigenvalue weighted by Gasteiger charge is 2.32. The van der Waals surface area contributed by atoms with Gasteiger partial charge in [0.15, 0.2) is 5.76 Å². The molecule has 3 heterocycles. The van der Waals surface area contributed by atoms with Crippen molar-refractivity contribution in [3.8, 4) is 11.5 Å². The van der Waals surface area contributed by atoms with Gasteiger partial charge in [0.25, 0.3) is 0 Å². The van der Waals surface area contributed by atoms with Crippen molar-refractivity contribution in [1.82, 2.24) is 15.1 Å². The smallest absolute Gasteiger partial charge is 0.407 e. The van der Waals surface area contributed by atoms with Crippen LogP contribution >= 0.6 is 0 Å². The highest BCUT2D eigenvalue weighted by molar-refractivity contribution is 6.15. The van der Waals surface area contributed by atoms with E-state index in [-0.39, 0.29) is 11.5 Å². The van der Waals surface area contributed by atoms with Gasteiger partial charge in [0.1, 0.15) is 11.5 Å². The Morgan fingerprint density at radius 1 is 1.26 bits per heavy atom. The number of aromatic nitrogens is 2. The van der Waals surface area contributed by atoms with Gasteiger partial charge in [-0.15, -0.1) is 0 Å². The summed E-state index contributed by atoms with van der Waals surface area (Å²) in [6, 6.07) is 11.3. The molecule has 0 atom stereocenters. The number of nitrogens with zero attached hydrogens (tertiary/aromatic N) is 2. The number of carbonyl (C=O) groups is 2. The fourth-order valence-corrected chi connectivity index (χ4v) is 4.92. The first-order chi connectivity index (χ1) is 16.5. The number of ketones is 1. The second-order valence-corrected chi connectivity index (χ2v) is 8.82. The quantitative estimate of drug-likeness (QED) is 0.506. The van der Waals surface area contributed by atoms with E-state index in [1.165, 1.54) is 4.90 Å². The highest BCUT2D eigenvalue weighted by atomic mass is 16.5. The number of piperidine rings is 1. The number of ether oxygens (including phenoxy) is 2. The lowest BCUT2D eigenvalue weighted by molar-refractivity contribution is 0.101. The molecule has 0 spiro atoms. The van der Waals surface area contributed by atoms with Gasteiger partial charge >= 0.3 is 6.09 Å². The number of hydrogen-bond acceptors (Lipinski definition) is 5. The number of hydrogen-bond donors (Lipinski definition) is 2. The van der Waals surface area contributed by atoms with Gasteiger partial charge in [0, 0.05) is 30.1 Å². The number of aromatic amines is 1. The Hall–Kier alpha value is -3.81. The van der Waals surface area contributed by atoms with Crippen molar-refractivity contribution in [2.45, 2.75) is 32.1 Å². The number of rotatable bonds is 6. The van der Waals surface area contributed by atoms with Crippen molar-refractivity contribution in [1.29, 1.82) is 0 Å². The van der Waals surface area contributed by atoms with Gasteiger partial charge in [-0.1, -0.05) is 18.2 Å². The molecule has 2 N–H and O–H groups in total. The Kier molecular flexibility index (Phi) is 5.96. The van der Waals surface area contributed by atoms with Crippen LogP contribution in [0.25, 0.3) is 17.0 Å². The Morgan fingerprint density at radius 2 is 2.06 bits per heavy atom. The summed E-state index contributed by atoms with van der Waals surface area (Å²) in [6.45, 7) is 1.19. The standard InChI is InChI=1S/C26H27N3O5/c1-33-22-10-9-19-24(30)23(15-21-17-6-2-3-8-20(17)27-28-21)34-25(19)18(22)7-4-5-16-11-13-29(14-12-16)26(31)32/h2-3,6,8-10,15-16H,4-5,7,11-14H2,1H3,(H,27,28)(H,31,32)/b23-15-. The van der Waals surface area contributed by atoms with Gasteiger partial charge in [-0.3, -0.25) is 9.89 Å². The number of benzene rings is 2. The van der Waals surface area contributed by atoms with Crippen LogP contribution < -0.4 is 9.47 Å². The molecule has 1 amide bonds. The monoisotopic (exact) mass is 461 g/mol. The molecule has 2 aliphatic heterocycles. The summed E-state index contributed by atoms with van der Waals surface area (Å²) in [5.41, 5.74) is 2.99. The minimum Gasteiger partial charge on any atom is -0.496 e. The summed E-state index contributed by atoms with van der Waals surface area (Å²) in [7, 11) is 1.62. The number of nitrogens with one attached hydrogen (secondary N) is 1. The maximum atomic E-state index is 13.1. The second kappa shape index (κ2) is 9.21. The van der Waals surface area contributed by atoms with E-state index in [2.05, 4.69) is 10.2 Å². The molecule has 0 bridgehead atoms. The van der Waals surface area contributed by atoms with Crippen LogP contribution in [0.2, 0.25) is 0 Å². The molecule has 1 saturated heterocycles. The third-order valence-electron chi connectivity index (χ3n) is 6.81. The van der Waals surface area contributed by atoms with E-state index in [9.17, 15) is 9.59 Å². The molecular weight excluding hydrogens is 434 g/mol. The van der Waals surface area contributed by atoms with Crippen LogP contribution in [-0.2, 0) is 6.42 Å². The number of carbonyl (C=O) groups excluding carboxylic acids is 1. The zero-order valence-electron chi connectivity index (χ0n) is 19.0. The minimum absolute atomic E-state index is 0.160. The number of Topliss-reactive ketones (excluding diaryl/α,β-unsaturated/α-hetero) is 1. The SMILES string of the molecule is COc1ccc2c(c1CCCC1CCN(C(=O)O)CC1)O/C(=C\c1n[nH]c3ccccc13)C2=O. The van der Waals surface area contributed by atoms with Crippen molar-refractivity contribution < 1.29 is 24.2 Å². The number of H-pyrrole nitrogens is 1. The molecule has 0 aliphatic carbocycles. The average Bonchev–Trinajstić information content (AvgIpc) is 3.41. The van der Waals surface area contributed by atoms with Crippen molar-refractivity contribution >= 4 is 28.9 Å². The Morgan fingerprint density at radius 3 is 2.82 bits per heavy atom. The van der Waals surface area contributed by atoms with Gasteiger partial charge in [-0.2, -0.15) is 5.10 Å². The zero-order valence-corrected chi connectivity index (χ0v) is 19.0. The summed E-state index contributed by atoms with van der Waals surface area (Å²) >= 11 is 0. The molecule has 3 aromatic rings. The fourth-order valence-electron chi connectivity index (χ4n) is 4.92. The predicted octanol–water partition coefficient (Wildman–Crippen LogP) is 4.90. The van der Waals surface area contributed by atoms with E-state index >= 15 is 0 Å². The van der Waals surface area contributed by atoms with E-state index in [0.29, 0.717) is 41.8 Å². The summed E-state index contributed by atoms with van der Waals surface area (Å²) in [5.74, 6) is 1.87. The maximum absolute atomic E-state index is 13.1. The zero-order chi connectivity index (χ0) is 23.7. The van der Waals surface area contributed by atoms with E-state index < -0.39 is 6.09 Å². The summed E-state index contributed by atoms with van der Waals surface area (Å²) < 4.78 is 11.7. The molecule has 8 nitrogen and oxygen atoms in total. The van der Waals surface area contributed by atoms with Crippen molar-refractivity contribution in [3.63, 3.8) is 0 Å². The molecule has 0 saturated carbocycles. The number of likely N-dealkylation sites (tertiary alicyclic amines) is 1. The van der Waals surface area contributed by atoms with Gasteiger partial charge in [0.05, 0.1) is 23.9 Å². The van der Waals surface area contributed by atoms with Gasteiger partial charge in [0.2, 0.25) is 5.78 Å². The molecule has 0 radical (unpaired) electrons. The molecule has 2 aromatic carbocycles. The Bertz CT molecular complexity index is 1270. The molecule has 8 heteroatoms. The summed E-state index contributed by atoms with van der Waals surface area (Å²) in [6.07, 6.45) is 5.24. The molecule has 34 heavy (non-hydrogen) atoms. The summed E-state index contributed by atoms with van der Waals surface area (Å²) in [5, 5.41) is 17.4. The van der Waals surface area contributed by atoms with Crippen LogP contribution in [0, 0.1) is 5.92 Å². The van der Waals surface area contributed by atoms with Crippen LogP contribution in [0.3, 0.4) is 0 Å². The minimum atomic E-state index is -0.837. The molecule has 5 rings (SSSR count). The van der Waals surface area contributed by atoms with Crippen LogP contribution in [0.4, 0.5) is 4.79 Å². The number of allylic oxidation sites excluding steroid dienone is 1. The number of amides is 1. The Labute approximate surface area is 197 Å². The van der Waals surface area contributed by atoms with Crippen molar-refractivity contribution in [2.75, 3.05) is 20.2 Å². The van der Waals surface area contributed by atoms with Crippen molar-refractivity contribution in [2.24, 2.45) is 5.92 Å². The number of fused-ring (bicyclic) bond motifs is 2.